The fourth-order valence-electron chi connectivity index (χ4n) is 2.69. The van der Waals surface area contributed by atoms with Gasteiger partial charge in [-0.05, 0) is 52.3 Å². The van der Waals surface area contributed by atoms with Crippen molar-refractivity contribution in [1.82, 2.24) is 9.80 Å². The summed E-state index contributed by atoms with van der Waals surface area (Å²) in [6.45, 7) is 10.1. The van der Waals surface area contributed by atoms with Gasteiger partial charge in [0.15, 0.2) is 0 Å². The van der Waals surface area contributed by atoms with Crippen LogP contribution in [0.2, 0.25) is 0 Å². The molecule has 7 heteroatoms. The Morgan fingerprint density at radius 3 is 2.44 bits per heavy atom. The van der Waals surface area contributed by atoms with Gasteiger partial charge in [0.25, 0.3) is 5.91 Å². The number of piperazine rings is 1. The summed E-state index contributed by atoms with van der Waals surface area (Å²) in [5.41, 5.74) is 0.211. The Hall–Kier alpha value is -1.63. The highest BCUT2D eigenvalue weighted by atomic mass is 79.9. The van der Waals surface area contributed by atoms with Gasteiger partial charge in [0.2, 0.25) is 0 Å². The second kappa shape index (κ2) is 7.32. The average molecular weight is 415 g/mol. The van der Waals surface area contributed by atoms with Gasteiger partial charge < -0.3 is 14.5 Å². The van der Waals surface area contributed by atoms with Crippen molar-refractivity contribution in [2.75, 3.05) is 19.6 Å². The molecule has 0 aliphatic carbocycles. The van der Waals surface area contributed by atoms with Crippen molar-refractivity contribution in [1.29, 1.82) is 0 Å². The van der Waals surface area contributed by atoms with Crippen LogP contribution < -0.4 is 0 Å². The third-order valence-corrected chi connectivity index (χ3v) is 4.89. The van der Waals surface area contributed by atoms with Crippen molar-refractivity contribution in [2.45, 2.75) is 46.3 Å². The zero-order chi connectivity index (χ0) is 18.9. The van der Waals surface area contributed by atoms with E-state index in [4.69, 9.17) is 4.74 Å². The maximum absolute atomic E-state index is 13.9. The average Bonchev–Trinajstić information content (AvgIpc) is 2.49. The third-order valence-electron chi connectivity index (χ3n) is 4.07. The highest BCUT2D eigenvalue weighted by molar-refractivity contribution is 9.10. The van der Waals surface area contributed by atoms with E-state index in [0.29, 0.717) is 35.2 Å². The van der Waals surface area contributed by atoms with Crippen molar-refractivity contribution < 1.29 is 18.7 Å². The molecule has 1 heterocycles. The van der Waals surface area contributed by atoms with Crippen LogP contribution in [0.4, 0.5) is 9.18 Å². The molecule has 1 aliphatic heterocycles. The van der Waals surface area contributed by atoms with Crippen LogP contribution in [-0.2, 0) is 4.74 Å². The Bertz CT molecular complexity index is 664. The van der Waals surface area contributed by atoms with E-state index in [1.807, 2.05) is 27.7 Å². The van der Waals surface area contributed by atoms with Crippen molar-refractivity contribution >= 4 is 27.9 Å². The van der Waals surface area contributed by atoms with Crippen LogP contribution >= 0.6 is 15.9 Å². The molecule has 0 saturated carbocycles. The van der Waals surface area contributed by atoms with Gasteiger partial charge in [-0.15, -0.1) is 0 Å². The van der Waals surface area contributed by atoms with E-state index in [1.54, 1.807) is 22.8 Å². The molecule has 0 unspecified atom stereocenters. The van der Waals surface area contributed by atoms with Crippen LogP contribution in [0.3, 0.4) is 0 Å². The van der Waals surface area contributed by atoms with Crippen molar-refractivity contribution in [3.8, 4) is 0 Å². The lowest BCUT2D eigenvalue weighted by Crippen LogP contribution is -2.56. The maximum Gasteiger partial charge on any atom is 0.410 e. The van der Waals surface area contributed by atoms with Gasteiger partial charge in [0.1, 0.15) is 11.4 Å². The van der Waals surface area contributed by atoms with Gasteiger partial charge in [0.05, 0.1) is 0 Å². The van der Waals surface area contributed by atoms with Gasteiger partial charge in [0, 0.05) is 35.7 Å². The van der Waals surface area contributed by atoms with Gasteiger partial charge in [-0.3, -0.25) is 4.79 Å². The van der Waals surface area contributed by atoms with Crippen LogP contribution in [-0.4, -0.2) is 53.1 Å². The number of nitrogens with zero attached hydrogens (tertiary/aromatic N) is 2. The first-order valence-corrected chi connectivity index (χ1v) is 9.03. The predicted octanol–water partition coefficient (Wildman–Crippen LogP) is 3.98. The number of halogens is 2. The van der Waals surface area contributed by atoms with Crippen molar-refractivity contribution in [2.24, 2.45) is 0 Å². The predicted molar refractivity (Wildman–Crippen MR) is 97.1 cm³/mol. The molecule has 2 amide bonds. The van der Waals surface area contributed by atoms with E-state index >= 15 is 0 Å². The quantitative estimate of drug-likeness (QED) is 0.698. The van der Waals surface area contributed by atoms with Crippen LogP contribution in [0, 0.1) is 12.7 Å². The molecule has 1 aromatic carbocycles. The Labute approximate surface area is 156 Å². The normalized spacial score (nSPS) is 18.3. The van der Waals surface area contributed by atoms with Gasteiger partial charge in [-0.2, -0.15) is 0 Å². The van der Waals surface area contributed by atoms with Crippen LogP contribution in [0.15, 0.2) is 16.6 Å². The van der Waals surface area contributed by atoms with E-state index < -0.39 is 11.4 Å². The zero-order valence-corrected chi connectivity index (χ0v) is 16.8. The second-order valence-corrected chi connectivity index (χ2v) is 8.19. The molecule has 0 aromatic heterocycles. The Morgan fingerprint density at radius 1 is 1.28 bits per heavy atom. The minimum Gasteiger partial charge on any atom is -0.444 e. The molecule has 1 saturated heterocycles. The topological polar surface area (TPSA) is 49.9 Å². The molecular formula is C18H24BrFN2O3. The second-order valence-electron chi connectivity index (χ2n) is 7.34. The molecule has 1 aromatic rings. The number of hydrogen-bond acceptors (Lipinski definition) is 3. The highest BCUT2D eigenvalue weighted by Gasteiger charge is 2.33. The molecule has 1 atom stereocenters. The number of hydrogen-bond donors (Lipinski definition) is 0. The first-order valence-electron chi connectivity index (χ1n) is 8.24. The molecule has 25 heavy (non-hydrogen) atoms. The summed E-state index contributed by atoms with van der Waals surface area (Å²) in [7, 11) is 0. The molecule has 0 radical (unpaired) electrons. The van der Waals surface area contributed by atoms with E-state index in [-0.39, 0.29) is 18.0 Å². The standard InChI is InChI=1S/C18H24BrFN2O3/c1-11-10-21(6-7-22(11)17(24)25-18(3,4)5)16(23)13-8-14(19)12(2)15(20)9-13/h8-9,11H,6-7,10H2,1-5H3/t11-/m0/s1. The third kappa shape index (κ3) is 4.71. The van der Waals surface area contributed by atoms with Crippen LogP contribution in [0.25, 0.3) is 0 Å². The van der Waals surface area contributed by atoms with Crippen molar-refractivity contribution in [3.05, 3.63) is 33.5 Å². The molecule has 0 N–H and O–H groups in total. The largest absolute Gasteiger partial charge is 0.444 e. The first-order chi connectivity index (χ1) is 11.5. The summed E-state index contributed by atoms with van der Waals surface area (Å²) in [5.74, 6) is -0.659. The maximum atomic E-state index is 13.9. The summed E-state index contributed by atoms with van der Waals surface area (Å²) in [4.78, 5) is 28.2. The van der Waals surface area contributed by atoms with Crippen LogP contribution in [0.1, 0.15) is 43.6 Å². The molecule has 0 spiro atoms. The van der Waals surface area contributed by atoms with E-state index in [0.717, 1.165) is 0 Å². The lowest BCUT2D eigenvalue weighted by atomic mass is 10.1. The minimum absolute atomic E-state index is 0.175. The number of rotatable bonds is 1. The molecule has 5 nitrogen and oxygen atoms in total. The Kier molecular flexibility index (Phi) is 5.76. The fourth-order valence-corrected chi connectivity index (χ4v) is 3.12. The molecule has 1 fully saturated rings. The fraction of sp³-hybridized carbons (Fsp3) is 0.556. The van der Waals surface area contributed by atoms with Crippen LogP contribution in [0.5, 0.6) is 0 Å². The zero-order valence-electron chi connectivity index (χ0n) is 15.2. The van der Waals surface area contributed by atoms with E-state index in [9.17, 15) is 14.0 Å². The van der Waals surface area contributed by atoms with Crippen molar-refractivity contribution in [3.63, 3.8) is 0 Å². The number of benzene rings is 1. The summed E-state index contributed by atoms with van der Waals surface area (Å²) >= 11 is 3.28. The smallest absolute Gasteiger partial charge is 0.410 e. The number of ether oxygens (including phenoxy) is 1. The SMILES string of the molecule is Cc1c(F)cc(C(=O)N2CCN(C(=O)OC(C)(C)C)[C@@H](C)C2)cc1Br. The molecule has 138 valence electrons. The Balaban J connectivity index is 2.07. The molecular weight excluding hydrogens is 391 g/mol. The lowest BCUT2D eigenvalue weighted by molar-refractivity contribution is 0.00198. The highest BCUT2D eigenvalue weighted by Crippen LogP contribution is 2.23. The van der Waals surface area contributed by atoms with E-state index in [1.165, 1.54) is 6.07 Å². The summed E-state index contributed by atoms with van der Waals surface area (Å²) in [5, 5.41) is 0. The van der Waals surface area contributed by atoms with Gasteiger partial charge in [-0.25, -0.2) is 9.18 Å². The monoisotopic (exact) mass is 414 g/mol. The summed E-state index contributed by atoms with van der Waals surface area (Å²) < 4.78 is 19.9. The minimum atomic E-state index is -0.560. The number of amides is 2. The molecule has 0 bridgehead atoms. The molecule has 1 aliphatic rings. The van der Waals surface area contributed by atoms with E-state index in [2.05, 4.69) is 15.9 Å². The lowest BCUT2D eigenvalue weighted by Gasteiger charge is -2.40. The number of carbonyl (C=O) groups excluding carboxylic acids is 2. The summed E-state index contributed by atoms with van der Waals surface area (Å²) in [6, 6.07) is 2.71. The van der Waals surface area contributed by atoms with Gasteiger partial charge >= 0.3 is 6.09 Å². The molecule has 2 rings (SSSR count). The number of carbonyl (C=O) groups is 2. The summed E-state index contributed by atoms with van der Waals surface area (Å²) in [6.07, 6.45) is -0.378. The van der Waals surface area contributed by atoms with Gasteiger partial charge in [-0.1, -0.05) is 15.9 Å². The Morgan fingerprint density at radius 2 is 1.92 bits per heavy atom. The first kappa shape index (κ1) is 19.7.